The van der Waals surface area contributed by atoms with E-state index in [1.54, 1.807) is 6.26 Å². The Morgan fingerprint density at radius 1 is 1.28 bits per heavy atom. The van der Waals surface area contributed by atoms with Gasteiger partial charge in [-0.15, -0.1) is 0 Å². The van der Waals surface area contributed by atoms with E-state index >= 15 is 0 Å². The molecule has 0 spiro atoms. The SMILES string of the molecule is CCC(CC)(C(=O)C1=COCCC1)N1CCCC1. The predicted molar refractivity (Wildman–Crippen MR) is 72.4 cm³/mol. The van der Waals surface area contributed by atoms with Crippen LogP contribution in [0, 0.1) is 0 Å². The summed E-state index contributed by atoms with van der Waals surface area (Å²) in [5, 5.41) is 0. The van der Waals surface area contributed by atoms with Gasteiger partial charge in [-0.25, -0.2) is 0 Å². The average Bonchev–Trinajstić information content (AvgIpc) is 2.96. The summed E-state index contributed by atoms with van der Waals surface area (Å²) in [6, 6.07) is 0. The molecule has 3 heteroatoms. The molecule has 0 N–H and O–H groups in total. The molecule has 0 bridgehead atoms. The van der Waals surface area contributed by atoms with Crippen molar-refractivity contribution in [3.8, 4) is 0 Å². The smallest absolute Gasteiger partial charge is 0.182 e. The highest BCUT2D eigenvalue weighted by molar-refractivity contribution is 6.02. The Hall–Kier alpha value is -0.830. The molecule has 0 aromatic heterocycles. The van der Waals surface area contributed by atoms with Crippen molar-refractivity contribution in [2.45, 2.75) is 57.9 Å². The lowest BCUT2D eigenvalue weighted by atomic mass is 9.81. The minimum Gasteiger partial charge on any atom is -0.501 e. The third-order valence-corrected chi connectivity index (χ3v) is 4.53. The minimum atomic E-state index is -0.275. The van der Waals surface area contributed by atoms with Crippen LogP contribution in [-0.4, -0.2) is 35.9 Å². The number of Topliss-reactive ketones (excluding diaryl/α,β-unsaturated/α-hetero) is 1. The maximum absolute atomic E-state index is 12.9. The van der Waals surface area contributed by atoms with Gasteiger partial charge in [0.05, 0.1) is 18.4 Å². The lowest BCUT2D eigenvalue weighted by molar-refractivity contribution is -0.128. The number of nitrogens with zero attached hydrogens (tertiary/aromatic N) is 1. The number of ether oxygens (including phenoxy) is 1. The number of carbonyl (C=O) groups is 1. The second kappa shape index (κ2) is 5.87. The van der Waals surface area contributed by atoms with Crippen LogP contribution in [0.15, 0.2) is 11.8 Å². The number of ketones is 1. The van der Waals surface area contributed by atoms with Crippen molar-refractivity contribution in [2.24, 2.45) is 0 Å². The molecule has 1 saturated heterocycles. The Bertz CT molecular complexity index is 325. The highest BCUT2D eigenvalue weighted by atomic mass is 16.5. The minimum absolute atomic E-state index is 0.275. The maximum atomic E-state index is 12.9. The van der Waals surface area contributed by atoms with Crippen molar-refractivity contribution >= 4 is 5.78 Å². The van der Waals surface area contributed by atoms with Crippen LogP contribution in [-0.2, 0) is 9.53 Å². The van der Waals surface area contributed by atoms with E-state index in [4.69, 9.17) is 4.74 Å². The Kier molecular flexibility index (Phi) is 4.44. The predicted octanol–water partition coefficient (Wildman–Crippen LogP) is 2.90. The molecule has 18 heavy (non-hydrogen) atoms. The third kappa shape index (κ3) is 2.33. The molecule has 1 fully saturated rings. The maximum Gasteiger partial charge on any atom is 0.182 e. The molecule has 0 aromatic carbocycles. The molecule has 0 saturated carbocycles. The quantitative estimate of drug-likeness (QED) is 0.752. The fourth-order valence-corrected chi connectivity index (χ4v) is 3.34. The highest BCUT2D eigenvalue weighted by Crippen LogP contribution is 2.33. The zero-order valence-corrected chi connectivity index (χ0v) is 11.7. The molecule has 2 rings (SSSR count). The molecule has 0 aromatic rings. The number of likely N-dealkylation sites (tertiary alicyclic amines) is 1. The first kappa shape index (κ1) is 13.6. The molecule has 0 aliphatic carbocycles. The van der Waals surface area contributed by atoms with Gasteiger partial charge in [0.1, 0.15) is 0 Å². The first-order chi connectivity index (χ1) is 8.74. The molecule has 2 heterocycles. The Labute approximate surface area is 110 Å². The van der Waals surface area contributed by atoms with E-state index in [-0.39, 0.29) is 5.54 Å². The van der Waals surface area contributed by atoms with Crippen LogP contribution in [0.4, 0.5) is 0 Å². The molecule has 102 valence electrons. The monoisotopic (exact) mass is 251 g/mol. The van der Waals surface area contributed by atoms with Crippen molar-refractivity contribution in [2.75, 3.05) is 19.7 Å². The van der Waals surface area contributed by atoms with Crippen LogP contribution in [0.25, 0.3) is 0 Å². The van der Waals surface area contributed by atoms with Crippen LogP contribution in [0.5, 0.6) is 0 Å². The largest absolute Gasteiger partial charge is 0.501 e. The molecular formula is C15H25NO2. The Morgan fingerprint density at radius 2 is 1.94 bits per heavy atom. The van der Waals surface area contributed by atoms with Crippen LogP contribution in [0.2, 0.25) is 0 Å². The number of rotatable bonds is 5. The third-order valence-electron chi connectivity index (χ3n) is 4.53. The van der Waals surface area contributed by atoms with Crippen molar-refractivity contribution in [3.63, 3.8) is 0 Å². The van der Waals surface area contributed by atoms with Gasteiger partial charge < -0.3 is 4.74 Å². The van der Waals surface area contributed by atoms with Crippen LogP contribution >= 0.6 is 0 Å². The molecule has 0 radical (unpaired) electrons. The van der Waals surface area contributed by atoms with E-state index in [2.05, 4.69) is 18.7 Å². The molecular weight excluding hydrogens is 226 g/mol. The zero-order chi connectivity index (χ0) is 13.0. The fraction of sp³-hybridized carbons (Fsp3) is 0.800. The number of hydrogen-bond acceptors (Lipinski definition) is 3. The molecule has 2 aliphatic heterocycles. The second-order valence-corrected chi connectivity index (χ2v) is 5.38. The van der Waals surface area contributed by atoms with Crippen molar-refractivity contribution in [3.05, 3.63) is 11.8 Å². The number of carbonyl (C=O) groups excluding carboxylic acids is 1. The van der Waals surface area contributed by atoms with E-state index in [1.165, 1.54) is 12.8 Å². The van der Waals surface area contributed by atoms with E-state index < -0.39 is 0 Å². The van der Waals surface area contributed by atoms with E-state index in [0.717, 1.165) is 51.0 Å². The van der Waals surface area contributed by atoms with E-state index in [9.17, 15) is 4.79 Å². The second-order valence-electron chi connectivity index (χ2n) is 5.38. The molecule has 0 amide bonds. The Balaban J connectivity index is 2.22. The van der Waals surface area contributed by atoms with Gasteiger partial charge in [-0.05, 0) is 51.6 Å². The molecule has 0 unspecified atom stereocenters. The van der Waals surface area contributed by atoms with E-state index in [0.29, 0.717) is 5.78 Å². The lowest BCUT2D eigenvalue weighted by Crippen LogP contribution is -2.53. The van der Waals surface area contributed by atoms with Crippen molar-refractivity contribution < 1.29 is 9.53 Å². The van der Waals surface area contributed by atoms with E-state index in [1.807, 2.05) is 0 Å². The summed E-state index contributed by atoms with van der Waals surface area (Å²) in [6.07, 6.45) is 7.83. The standard InChI is InChI=1S/C15H25NO2/c1-3-15(4-2,16-9-5-6-10-16)14(17)13-8-7-11-18-12-13/h12H,3-11H2,1-2H3. The topological polar surface area (TPSA) is 29.5 Å². The summed E-state index contributed by atoms with van der Waals surface area (Å²) in [5.41, 5.74) is 0.625. The number of hydrogen-bond donors (Lipinski definition) is 0. The molecule has 2 aliphatic rings. The normalized spacial score (nSPS) is 21.6. The summed E-state index contributed by atoms with van der Waals surface area (Å²) >= 11 is 0. The van der Waals surface area contributed by atoms with Gasteiger partial charge in [0.2, 0.25) is 0 Å². The summed E-state index contributed by atoms with van der Waals surface area (Å²) in [6.45, 7) is 7.18. The first-order valence-corrected chi connectivity index (χ1v) is 7.35. The van der Waals surface area contributed by atoms with Gasteiger partial charge in [0.15, 0.2) is 5.78 Å². The van der Waals surface area contributed by atoms with Gasteiger partial charge in [0, 0.05) is 5.57 Å². The van der Waals surface area contributed by atoms with Crippen molar-refractivity contribution in [1.82, 2.24) is 4.90 Å². The van der Waals surface area contributed by atoms with Crippen LogP contribution in [0.1, 0.15) is 52.4 Å². The van der Waals surface area contributed by atoms with Gasteiger partial charge in [-0.3, -0.25) is 9.69 Å². The summed E-state index contributed by atoms with van der Waals surface area (Å²) in [7, 11) is 0. The average molecular weight is 251 g/mol. The van der Waals surface area contributed by atoms with Crippen LogP contribution in [0.3, 0.4) is 0 Å². The highest BCUT2D eigenvalue weighted by Gasteiger charge is 2.43. The van der Waals surface area contributed by atoms with Crippen LogP contribution < -0.4 is 0 Å². The van der Waals surface area contributed by atoms with Gasteiger partial charge in [0.25, 0.3) is 0 Å². The van der Waals surface area contributed by atoms with Crippen molar-refractivity contribution in [1.29, 1.82) is 0 Å². The lowest BCUT2D eigenvalue weighted by Gasteiger charge is -2.40. The van der Waals surface area contributed by atoms with Gasteiger partial charge >= 0.3 is 0 Å². The molecule has 3 nitrogen and oxygen atoms in total. The Morgan fingerprint density at radius 3 is 2.44 bits per heavy atom. The molecule has 0 atom stereocenters. The van der Waals surface area contributed by atoms with Gasteiger partial charge in [-0.1, -0.05) is 13.8 Å². The van der Waals surface area contributed by atoms with Gasteiger partial charge in [-0.2, -0.15) is 0 Å². The zero-order valence-electron chi connectivity index (χ0n) is 11.7. The summed E-state index contributed by atoms with van der Waals surface area (Å²) in [5.74, 6) is 0.314. The fourth-order valence-electron chi connectivity index (χ4n) is 3.34. The summed E-state index contributed by atoms with van der Waals surface area (Å²) in [4.78, 5) is 15.3. The first-order valence-electron chi connectivity index (χ1n) is 7.35. The summed E-state index contributed by atoms with van der Waals surface area (Å²) < 4.78 is 5.35.